The van der Waals surface area contributed by atoms with Crippen LogP contribution in [0.1, 0.15) is 54.2 Å². The maximum atomic E-state index is 13.0. The van der Waals surface area contributed by atoms with E-state index in [0.29, 0.717) is 60.5 Å². The third-order valence-corrected chi connectivity index (χ3v) is 9.10. The molecule has 212 valence electrons. The summed E-state index contributed by atoms with van der Waals surface area (Å²) in [5.41, 5.74) is 5.01. The van der Waals surface area contributed by atoms with Gasteiger partial charge in [-0.2, -0.15) is 4.98 Å². The van der Waals surface area contributed by atoms with Crippen molar-refractivity contribution in [3.8, 4) is 0 Å². The number of anilines is 2. The van der Waals surface area contributed by atoms with Crippen molar-refractivity contribution in [1.29, 1.82) is 0 Å². The Labute approximate surface area is 240 Å². The van der Waals surface area contributed by atoms with E-state index in [1.165, 1.54) is 11.3 Å². The van der Waals surface area contributed by atoms with Crippen molar-refractivity contribution in [3.05, 3.63) is 63.0 Å². The zero-order chi connectivity index (χ0) is 28.1. The number of morpholine rings is 1. The second kappa shape index (κ2) is 10.5. The molecule has 1 saturated carbocycles. The average molecular weight is 573 g/mol. The van der Waals surface area contributed by atoms with Crippen molar-refractivity contribution in [2.24, 2.45) is 0 Å². The van der Waals surface area contributed by atoms with E-state index in [4.69, 9.17) is 14.1 Å². The Morgan fingerprint density at radius 2 is 1.95 bits per heavy atom. The largest absolute Gasteiger partial charge is 0.439 e. The van der Waals surface area contributed by atoms with Gasteiger partial charge in [0.15, 0.2) is 11.5 Å². The van der Waals surface area contributed by atoms with Gasteiger partial charge < -0.3 is 28.8 Å². The molecule has 1 saturated heterocycles. The molecule has 11 heteroatoms. The fraction of sp³-hybridized carbons (Fsp3) is 0.400. The van der Waals surface area contributed by atoms with Crippen LogP contribution in [-0.2, 0) is 4.74 Å². The van der Waals surface area contributed by atoms with Crippen LogP contribution in [0.5, 0.6) is 0 Å². The smallest absolute Gasteiger partial charge is 0.270 e. The van der Waals surface area contributed by atoms with Crippen LogP contribution in [0.3, 0.4) is 0 Å². The van der Waals surface area contributed by atoms with E-state index in [1.807, 2.05) is 17.5 Å². The zero-order valence-electron chi connectivity index (χ0n) is 23.2. The van der Waals surface area contributed by atoms with Gasteiger partial charge in [-0.3, -0.25) is 9.59 Å². The second-order valence-corrected chi connectivity index (χ2v) is 11.9. The van der Waals surface area contributed by atoms with E-state index in [1.54, 1.807) is 31.3 Å². The number of amides is 1. The Kier molecular flexibility index (Phi) is 6.63. The Balaban J connectivity index is 1.14. The van der Waals surface area contributed by atoms with Gasteiger partial charge in [0.25, 0.3) is 5.91 Å². The quantitative estimate of drug-likeness (QED) is 0.343. The number of nitrogens with zero attached hydrogens (tertiary/aromatic N) is 5. The normalized spacial score (nSPS) is 17.9. The topological polar surface area (TPSA) is 106 Å². The van der Waals surface area contributed by atoms with Crippen molar-refractivity contribution in [1.82, 2.24) is 19.4 Å². The number of fused-ring (bicyclic) bond motifs is 2. The monoisotopic (exact) mass is 572 g/mol. The predicted molar refractivity (Wildman–Crippen MR) is 161 cm³/mol. The first kappa shape index (κ1) is 26.0. The number of hydrogen-bond acceptors (Lipinski definition) is 9. The Morgan fingerprint density at radius 1 is 1.15 bits per heavy atom. The van der Waals surface area contributed by atoms with Gasteiger partial charge >= 0.3 is 0 Å². The molecule has 10 nitrogen and oxygen atoms in total. The van der Waals surface area contributed by atoms with Crippen molar-refractivity contribution < 1.29 is 13.9 Å². The van der Waals surface area contributed by atoms with E-state index in [0.717, 1.165) is 53.6 Å². The summed E-state index contributed by atoms with van der Waals surface area (Å²) in [6, 6.07) is 3.76. The predicted octanol–water partition coefficient (Wildman–Crippen LogP) is 5.04. The Bertz CT molecular complexity index is 1770. The number of rotatable bonds is 6. The van der Waals surface area contributed by atoms with Gasteiger partial charge in [-0.05, 0) is 30.6 Å². The van der Waals surface area contributed by atoms with Gasteiger partial charge in [0, 0.05) is 73.9 Å². The van der Waals surface area contributed by atoms with Crippen LogP contribution in [0.4, 0.5) is 11.8 Å². The third kappa shape index (κ3) is 4.72. The summed E-state index contributed by atoms with van der Waals surface area (Å²) < 4.78 is 14.5. The van der Waals surface area contributed by atoms with Crippen LogP contribution in [0.25, 0.3) is 26.9 Å². The summed E-state index contributed by atoms with van der Waals surface area (Å²) >= 11 is 1.42. The molecule has 0 radical (unpaired) electrons. The highest BCUT2D eigenvalue weighted by Crippen LogP contribution is 2.38. The molecule has 1 N–H and O–H groups in total. The second-order valence-electron chi connectivity index (χ2n) is 11.1. The number of allylic oxidation sites excluding steroid dienone is 3. The van der Waals surface area contributed by atoms with Crippen LogP contribution in [0, 0.1) is 0 Å². The van der Waals surface area contributed by atoms with Crippen molar-refractivity contribution in [2.75, 3.05) is 50.6 Å². The molecule has 0 spiro atoms. The minimum Gasteiger partial charge on any atom is -0.439 e. The van der Waals surface area contributed by atoms with Gasteiger partial charge in [-0.15, -0.1) is 11.3 Å². The average Bonchev–Trinajstić information content (AvgIpc) is 3.78. The SMILES string of the molecule is CN(C)C(=O)c1cc2cnc(NC3=CC=C(c4csc5c(=O)cc(N6CCOCC6)oc45)C3)nc2n1C1CCCC1. The first-order valence-corrected chi connectivity index (χ1v) is 15.0. The molecule has 0 atom stereocenters. The van der Waals surface area contributed by atoms with Crippen molar-refractivity contribution in [2.45, 2.75) is 38.1 Å². The lowest BCUT2D eigenvalue weighted by atomic mass is 10.1. The number of ether oxygens (including phenoxy) is 1. The number of hydrogen-bond donors (Lipinski definition) is 1. The van der Waals surface area contributed by atoms with Gasteiger partial charge in [-0.25, -0.2) is 4.98 Å². The van der Waals surface area contributed by atoms with E-state index in [-0.39, 0.29) is 17.4 Å². The molecule has 4 aromatic rings. The molecule has 1 aliphatic heterocycles. The highest BCUT2D eigenvalue weighted by molar-refractivity contribution is 7.17. The summed E-state index contributed by atoms with van der Waals surface area (Å²) in [5, 5.41) is 6.26. The summed E-state index contributed by atoms with van der Waals surface area (Å²) in [6.07, 6.45) is 10.9. The van der Waals surface area contributed by atoms with E-state index >= 15 is 0 Å². The molecule has 2 fully saturated rings. The van der Waals surface area contributed by atoms with Crippen LogP contribution in [-0.4, -0.2) is 65.7 Å². The number of nitrogens with one attached hydrogen (secondary N) is 1. The van der Waals surface area contributed by atoms with E-state index < -0.39 is 0 Å². The molecule has 4 aromatic heterocycles. The number of aromatic nitrogens is 3. The fourth-order valence-electron chi connectivity index (χ4n) is 6.02. The first-order chi connectivity index (χ1) is 20.0. The molecular formula is C30H32N6O4S. The van der Waals surface area contributed by atoms with Gasteiger partial charge in [0.2, 0.25) is 11.4 Å². The highest BCUT2D eigenvalue weighted by atomic mass is 32.1. The van der Waals surface area contributed by atoms with Crippen molar-refractivity contribution >= 4 is 56.0 Å². The first-order valence-electron chi connectivity index (χ1n) is 14.1. The maximum Gasteiger partial charge on any atom is 0.270 e. The zero-order valence-corrected chi connectivity index (χ0v) is 24.0. The Morgan fingerprint density at radius 3 is 2.73 bits per heavy atom. The molecule has 41 heavy (non-hydrogen) atoms. The van der Waals surface area contributed by atoms with E-state index in [9.17, 15) is 9.59 Å². The number of thiophene rings is 1. The van der Waals surface area contributed by atoms with Gasteiger partial charge in [0.1, 0.15) is 16.0 Å². The van der Waals surface area contributed by atoms with Crippen LogP contribution >= 0.6 is 11.3 Å². The minimum absolute atomic E-state index is 0.0204. The number of carbonyl (C=O) groups is 1. The molecule has 0 bridgehead atoms. The van der Waals surface area contributed by atoms with Gasteiger partial charge in [-0.1, -0.05) is 18.9 Å². The minimum atomic E-state index is -0.0248. The van der Waals surface area contributed by atoms with Crippen LogP contribution < -0.4 is 15.6 Å². The molecule has 3 aliphatic rings. The third-order valence-electron chi connectivity index (χ3n) is 8.13. The maximum absolute atomic E-state index is 13.0. The van der Waals surface area contributed by atoms with E-state index in [2.05, 4.69) is 25.8 Å². The lowest BCUT2D eigenvalue weighted by Gasteiger charge is -2.27. The lowest BCUT2D eigenvalue weighted by molar-refractivity contribution is 0.0815. The summed E-state index contributed by atoms with van der Waals surface area (Å²) in [6.45, 7) is 2.64. The van der Waals surface area contributed by atoms with Crippen molar-refractivity contribution in [3.63, 3.8) is 0 Å². The molecule has 0 unspecified atom stereocenters. The molecular weight excluding hydrogens is 540 g/mol. The van der Waals surface area contributed by atoms with Crippen LogP contribution in [0.2, 0.25) is 0 Å². The molecule has 7 rings (SSSR count). The molecule has 2 aliphatic carbocycles. The molecule has 5 heterocycles. The highest BCUT2D eigenvalue weighted by Gasteiger charge is 2.27. The van der Waals surface area contributed by atoms with Gasteiger partial charge in [0.05, 0.1) is 13.2 Å². The standard InChI is InChI=1S/C30H32N6O4S/c1-34(2)29(38)23-14-19-16-31-30(33-28(19)36(23)21-5-3-4-6-21)32-20-8-7-18(13-20)22-17-41-27-24(37)15-25(40-26(22)27)35-9-11-39-12-10-35/h7-8,14-17,21H,3-6,9-13H2,1-2H3,(H,31,32,33). The summed E-state index contributed by atoms with van der Waals surface area (Å²) in [4.78, 5) is 39.0. The molecule has 1 amide bonds. The number of carbonyl (C=O) groups excluding carboxylic acids is 1. The Hall–Kier alpha value is -3.96. The van der Waals surface area contributed by atoms with Crippen LogP contribution in [0.15, 0.2) is 50.8 Å². The fourth-order valence-corrected chi connectivity index (χ4v) is 6.95. The summed E-state index contributed by atoms with van der Waals surface area (Å²) in [5.74, 6) is 1.06. The summed E-state index contributed by atoms with van der Waals surface area (Å²) in [7, 11) is 3.56. The molecule has 0 aromatic carbocycles. The lowest BCUT2D eigenvalue weighted by Crippen LogP contribution is -2.36.